The van der Waals surface area contributed by atoms with Crippen LogP contribution in [0.3, 0.4) is 0 Å². The zero-order valence-electron chi connectivity index (χ0n) is 17.1. The molecule has 0 aliphatic heterocycles. The number of hydrogen-bond donors (Lipinski definition) is 2. The predicted molar refractivity (Wildman–Crippen MR) is 109 cm³/mol. The molecule has 0 radical (unpaired) electrons. The summed E-state index contributed by atoms with van der Waals surface area (Å²) >= 11 is 0. The van der Waals surface area contributed by atoms with Crippen molar-refractivity contribution in [3.8, 4) is 16.9 Å². The van der Waals surface area contributed by atoms with Crippen LogP contribution in [0.15, 0.2) is 60.8 Å². The molecular formula is C23H19F5N2O3. The van der Waals surface area contributed by atoms with E-state index in [1.54, 1.807) is 24.3 Å². The Kier molecular flexibility index (Phi) is 7.59. The lowest BCUT2D eigenvalue weighted by atomic mass is 10.0. The van der Waals surface area contributed by atoms with Crippen molar-refractivity contribution in [1.82, 2.24) is 10.3 Å². The fraction of sp³-hybridized carbons (Fsp3) is 0.217. The number of rotatable bonds is 8. The fourth-order valence-electron chi connectivity index (χ4n) is 2.98. The number of nitrogens with zero attached hydrogens (tertiary/aromatic N) is 1. The van der Waals surface area contributed by atoms with Crippen LogP contribution >= 0.6 is 0 Å². The topological polar surface area (TPSA) is 71.5 Å². The third-order valence-electron chi connectivity index (χ3n) is 4.61. The van der Waals surface area contributed by atoms with E-state index in [4.69, 9.17) is 0 Å². The number of aliphatic hydroxyl groups excluding tert-OH is 1. The molecule has 0 fully saturated rings. The standard InChI is InChI=1S/C23H19F5N2O3/c24-18-7-5-16(10-19(18)25)15-3-1-14(2-4-15)9-22(32)30-21(12-31)20-8-6-17(11-29-20)33-13-23(26,27)28/h1-8,10-11,21,31H,9,12-13H2,(H,30,32). The molecule has 0 saturated carbocycles. The zero-order chi connectivity index (χ0) is 24.0. The predicted octanol–water partition coefficient (Wildman–Crippen LogP) is 4.36. The average molecular weight is 466 g/mol. The minimum absolute atomic E-state index is 0.0265. The largest absolute Gasteiger partial charge is 0.483 e. The van der Waals surface area contributed by atoms with Gasteiger partial charge in [0.25, 0.3) is 0 Å². The SMILES string of the molecule is O=C(Cc1ccc(-c2ccc(F)c(F)c2)cc1)NC(CO)c1ccc(OCC(F)(F)F)cn1. The Hall–Kier alpha value is -3.53. The summed E-state index contributed by atoms with van der Waals surface area (Å²) in [5.74, 6) is -2.42. The third kappa shape index (κ3) is 6.98. The number of amides is 1. The maximum absolute atomic E-state index is 13.4. The molecule has 0 saturated heterocycles. The van der Waals surface area contributed by atoms with Gasteiger partial charge >= 0.3 is 6.18 Å². The van der Waals surface area contributed by atoms with Gasteiger partial charge in [0.05, 0.1) is 31.0 Å². The number of nitrogens with one attached hydrogen (secondary N) is 1. The molecule has 0 bridgehead atoms. The molecule has 0 aliphatic carbocycles. The van der Waals surface area contributed by atoms with Crippen LogP contribution in [0.2, 0.25) is 0 Å². The number of halogens is 5. The summed E-state index contributed by atoms with van der Waals surface area (Å²) in [5, 5.41) is 12.2. The summed E-state index contributed by atoms with van der Waals surface area (Å²) in [4.78, 5) is 16.3. The van der Waals surface area contributed by atoms with Crippen molar-refractivity contribution in [3.63, 3.8) is 0 Å². The first kappa shape index (κ1) is 24.1. The highest BCUT2D eigenvalue weighted by atomic mass is 19.4. The van der Waals surface area contributed by atoms with Gasteiger partial charge in [0.1, 0.15) is 5.75 Å². The molecule has 3 aromatic rings. The molecule has 1 heterocycles. The second-order valence-corrected chi connectivity index (χ2v) is 7.13. The number of benzene rings is 2. The molecule has 5 nitrogen and oxygen atoms in total. The van der Waals surface area contributed by atoms with Crippen molar-refractivity contribution in [1.29, 1.82) is 0 Å². The van der Waals surface area contributed by atoms with E-state index in [1.807, 2.05) is 0 Å². The number of aliphatic hydroxyl groups is 1. The van der Waals surface area contributed by atoms with Crippen molar-refractivity contribution in [2.75, 3.05) is 13.2 Å². The van der Waals surface area contributed by atoms with Crippen LogP contribution < -0.4 is 10.1 Å². The minimum Gasteiger partial charge on any atom is -0.483 e. The summed E-state index contributed by atoms with van der Waals surface area (Å²) in [6, 6.07) is 12.0. The van der Waals surface area contributed by atoms with Gasteiger partial charge in [-0.3, -0.25) is 9.78 Å². The molecule has 10 heteroatoms. The van der Waals surface area contributed by atoms with Gasteiger partial charge in [-0.2, -0.15) is 13.2 Å². The summed E-state index contributed by atoms with van der Waals surface area (Å²) in [7, 11) is 0. The second kappa shape index (κ2) is 10.4. The molecule has 3 rings (SSSR count). The van der Waals surface area contributed by atoms with Crippen LogP contribution in [-0.2, 0) is 11.2 Å². The van der Waals surface area contributed by atoms with Crippen LogP contribution in [-0.4, -0.2) is 35.4 Å². The lowest BCUT2D eigenvalue weighted by Crippen LogP contribution is -2.32. The van der Waals surface area contributed by atoms with Crippen LogP contribution in [0.1, 0.15) is 17.3 Å². The van der Waals surface area contributed by atoms with Gasteiger partial charge in [-0.25, -0.2) is 8.78 Å². The lowest BCUT2D eigenvalue weighted by molar-refractivity contribution is -0.153. The second-order valence-electron chi connectivity index (χ2n) is 7.13. The lowest BCUT2D eigenvalue weighted by Gasteiger charge is -2.16. The minimum atomic E-state index is -4.48. The van der Waals surface area contributed by atoms with Gasteiger partial charge in [0, 0.05) is 0 Å². The van der Waals surface area contributed by atoms with Crippen LogP contribution in [0.4, 0.5) is 22.0 Å². The Balaban J connectivity index is 1.59. The Morgan fingerprint density at radius 2 is 1.70 bits per heavy atom. The molecule has 1 aromatic heterocycles. The maximum Gasteiger partial charge on any atom is 0.422 e. The summed E-state index contributed by atoms with van der Waals surface area (Å²) < 4.78 is 67.7. The van der Waals surface area contributed by atoms with E-state index in [0.717, 1.165) is 18.3 Å². The fourth-order valence-corrected chi connectivity index (χ4v) is 2.98. The molecular weight excluding hydrogens is 447 g/mol. The molecule has 174 valence electrons. The molecule has 2 N–H and O–H groups in total. The normalized spacial score (nSPS) is 12.3. The molecule has 0 aliphatic rings. The van der Waals surface area contributed by atoms with Crippen LogP contribution in [0.5, 0.6) is 5.75 Å². The molecule has 1 unspecified atom stereocenters. The van der Waals surface area contributed by atoms with Crippen molar-refractivity contribution in [3.05, 3.63) is 83.7 Å². The Morgan fingerprint density at radius 1 is 1.00 bits per heavy atom. The quantitative estimate of drug-likeness (QED) is 0.484. The highest BCUT2D eigenvalue weighted by Crippen LogP contribution is 2.23. The monoisotopic (exact) mass is 466 g/mol. The number of hydrogen-bond acceptors (Lipinski definition) is 4. The van der Waals surface area contributed by atoms with E-state index in [0.29, 0.717) is 16.7 Å². The molecule has 1 atom stereocenters. The maximum atomic E-state index is 13.4. The van der Waals surface area contributed by atoms with E-state index >= 15 is 0 Å². The number of pyridine rings is 1. The Morgan fingerprint density at radius 3 is 2.27 bits per heavy atom. The van der Waals surface area contributed by atoms with Crippen LogP contribution in [0, 0.1) is 11.6 Å². The first-order valence-corrected chi connectivity index (χ1v) is 9.74. The van der Waals surface area contributed by atoms with E-state index in [-0.39, 0.29) is 17.9 Å². The van der Waals surface area contributed by atoms with Gasteiger partial charge in [-0.1, -0.05) is 30.3 Å². The average Bonchev–Trinajstić information content (AvgIpc) is 2.78. The van der Waals surface area contributed by atoms with Gasteiger partial charge < -0.3 is 15.2 Å². The summed E-state index contributed by atoms with van der Waals surface area (Å²) in [6.45, 7) is -1.93. The van der Waals surface area contributed by atoms with E-state index in [2.05, 4.69) is 15.0 Å². The molecule has 33 heavy (non-hydrogen) atoms. The van der Waals surface area contributed by atoms with E-state index in [1.165, 1.54) is 18.2 Å². The number of alkyl halides is 3. The highest BCUT2D eigenvalue weighted by molar-refractivity contribution is 5.79. The summed E-state index contributed by atoms with van der Waals surface area (Å²) in [5.41, 5.74) is 2.01. The first-order chi connectivity index (χ1) is 15.6. The third-order valence-corrected chi connectivity index (χ3v) is 4.61. The number of aromatic nitrogens is 1. The van der Waals surface area contributed by atoms with Gasteiger partial charge in [0.2, 0.25) is 5.91 Å². The van der Waals surface area contributed by atoms with Crippen molar-refractivity contribution < 1.29 is 36.6 Å². The Bertz CT molecular complexity index is 1090. The van der Waals surface area contributed by atoms with Gasteiger partial charge in [-0.05, 0) is 41.0 Å². The van der Waals surface area contributed by atoms with Crippen molar-refractivity contribution >= 4 is 5.91 Å². The van der Waals surface area contributed by atoms with E-state index < -0.39 is 43.0 Å². The smallest absolute Gasteiger partial charge is 0.422 e. The highest BCUT2D eigenvalue weighted by Gasteiger charge is 2.28. The first-order valence-electron chi connectivity index (χ1n) is 9.74. The van der Waals surface area contributed by atoms with Crippen molar-refractivity contribution in [2.45, 2.75) is 18.6 Å². The molecule has 2 aromatic carbocycles. The number of carbonyl (C=O) groups is 1. The van der Waals surface area contributed by atoms with Crippen molar-refractivity contribution in [2.24, 2.45) is 0 Å². The van der Waals surface area contributed by atoms with Crippen LogP contribution in [0.25, 0.3) is 11.1 Å². The van der Waals surface area contributed by atoms with E-state index in [9.17, 15) is 31.9 Å². The van der Waals surface area contributed by atoms with Gasteiger partial charge in [-0.15, -0.1) is 0 Å². The zero-order valence-corrected chi connectivity index (χ0v) is 17.1. The van der Waals surface area contributed by atoms with Gasteiger partial charge in [0.15, 0.2) is 18.2 Å². The number of ether oxygens (including phenoxy) is 1. The Labute approximate surface area is 185 Å². The summed E-state index contributed by atoms with van der Waals surface area (Å²) in [6.07, 6.45) is -3.43. The number of carbonyl (C=O) groups excluding carboxylic acids is 1. The molecule has 1 amide bonds. The molecule has 0 spiro atoms.